The van der Waals surface area contributed by atoms with Crippen LogP contribution in [0.15, 0.2) is 30.3 Å². The van der Waals surface area contributed by atoms with Crippen LogP contribution in [0.3, 0.4) is 0 Å². The van der Waals surface area contributed by atoms with Gasteiger partial charge in [0.25, 0.3) is 0 Å². The van der Waals surface area contributed by atoms with Crippen LogP contribution in [0.1, 0.15) is 51.6 Å². The molecule has 0 bridgehead atoms. The lowest BCUT2D eigenvalue weighted by molar-refractivity contribution is 0.0482. The van der Waals surface area contributed by atoms with E-state index in [9.17, 15) is 0 Å². The van der Waals surface area contributed by atoms with Crippen molar-refractivity contribution >= 4 is 0 Å². The Balaban J connectivity index is 1.82. The Morgan fingerprint density at radius 2 is 1.90 bits per heavy atom. The van der Waals surface area contributed by atoms with Crippen molar-refractivity contribution in [3.8, 4) is 0 Å². The highest BCUT2D eigenvalue weighted by molar-refractivity contribution is 5.20. The van der Waals surface area contributed by atoms with E-state index in [1.807, 2.05) is 0 Å². The van der Waals surface area contributed by atoms with Crippen molar-refractivity contribution in [2.75, 3.05) is 13.1 Å². The molecule has 1 aliphatic heterocycles. The van der Waals surface area contributed by atoms with Crippen LogP contribution in [0.4, 0.5) is 0 Å². The van der Waals surface area contributed by atoms with Crippen molar-refractivity contribution in [3.63, 3.8) is 0 Å². The van der Waals surface area contributed by atoms with E-state index in [1.165, 1.54) is 31.4 Å². The standard InChI is InChI=1S/C19H30N2/c1-4-18(16-8-6-5-7-9-16)21-13-17(15-10-11-15)20-12-19(21)14(2)3/h5-9,14-15,17-20H,4,10-13H2,1-3H3. The van der Waals surface area contributed by atoms with Crippen LogP contribution in [-0.2, 0) is 0 Å². The minimum absolute atomic E-state index is 0.571. The van der Waals surface area contributed by atoms with Gasteiger partial charge in [0.05, 0.1) is 0 Å². The Kier molecular flexibility index (Phi) is 4.66. The molecule has 116 valence electrons. The summed E-state index contributed by atoms with van der Waals surface area (Å²) in [5.41, 5.74) is 1.49. The number of piperazine rings is 1. The third kappa shape index (κ3) is 3.32. The molecule has 1 saturated heterocycles. The summed E-state index contributed by atoms with van der Waals surface area (Å²) in [7, 11) is 0. The first kappa shape index (κ1) is 15.1. The monoisotopic (exact) mass is 286 g/mol. The Morgan fingerprint density at radius 3 is 2.48 bits per heavy atom. The number of benzene rings is 1. The van der Waals surface area contributed by atoms with E-state index in [2.05, 4.69) is 61.3 Å². The van der Waals surface area contributed by atoms with E-state index >= 15 is 0 Å². The summed E-state index contributed by atoms with van der Waals surface area (Å²) >= 11 is 0. The molecule has 2 fully saturated rings. The molecule has 3 unspecified atom stereocenters. The summed E-state index contributed by atoms with van der Waals surface area (Å²) in [5.74, 6) is 1.64. The van der Waals surface area contributed by atoms with E-state index in [4.69, 9.17) is 0 Å². The fraction of sp³-hybridized carbons (Fsp3) is 0.684. The molecule has 3 atom stereocenters. The Bertz CT molecular complexity index is 438. The Hall–Kier alpha value is -0.860. The van der Waals surface area contributed by atoms with Crippen molar-refractivity contribution in [2.45, 2.75) is 58.2 Å². The average molecular weight is 286 g/mol. The highest BCUT2D eigenvalue weighted by Gasteiger charge is 2.40. The molecular formula is C19H30N2. The molecule has 1 saturated carbocycles. The van der Waals surface area contributed by atoms with Gasteiger partial charge >= 0.3 is 0 Å². The summed E-state index contributed by atoms with van der Waals surface area (Å²) in [6.45, 7) is 9.45. The van der Waals surface area contributed by atoms with Crippen LogP contribution in [0.2, 0.25) is 0 Å². The molecule has 1 aromatic carbocycles. The van der Waals surface area contributed by atoms with Crippen LogP contribution in [-0.4, -0.2) is 30.1 Å². The minimum Gasteiger partial charge on any atom is -0.311 e. The third-order valence-electron chi connectivity index (χ3n) is 5.35. The van der Waals surface area contributed by atoms with Crippen molar-refractivity contribution < 1.29 is 0 Å². The van der Waals surface area contributed by atoms with Crippen LogP contribution >= 0.6 is 0 Å². The summed E-state index contributed by atoms with van der Waals surface area (Å²) in [6, 6.07) is 13.1. The topological polar surface area (TPSA) is 15.3 Å². The molecule has 3 rings (SSSR count). The molecule has 0 amide bonds. The SMILES string of the molecule is CCC(c1ccccc1)N1CC(C2CC2)NCC1C(C)C. The molecule has 0 aromatic heterocycles. The molecule has 1 heterocycles. The summed E-state index contributed by atoms with van der Waals surface area (Å²) in [6.07, 6.45) is 4.06. The molecule has 1 N–H and O–H groups in total. The molecule has 0 spiro atoms. The van der Waals surface area contributed by atoms with Gasteiger partial charge < -0.3 is 5.32 Å². The lowest BCUT2D eigenvalue weighted by atomic mass is 9.92. The van der Waals surface area contributed by atoms with Crippen LogP contribution in [0.25, 0.3) is 0 Å². The van der Waals surface area contributed by atoms with Gasteiger partial charge in [0, 0.05) is 31.2 Å². The second-order valence-corrected chi connectivity index (χ2v) is 7.20. The number of nitrogens with zero attached hydrogens (tertiary/aromatic N) is 1. The summed E-state index contributed by atoms with van der Waals surface area (Å²) in [5, 5.41) is 3.83. The number of nitrogens with one attached hydrogen (secondary N) is 1. The fourth-order valence-electron chi connectivity index (χ4n) is 3.94. The summed E-state index contributed by atoms with van der Waals surface area (Å²) < 4.78 is 0. The largest absolute Gasteiger partial charge is 0.311 e. The Morgan fingerprint density at radius 1 is 1.19 bits per heavy atom. The average Bonchev–Trinajstić information content (AvgIpc) is 3.33. The van der Waals surface area contributed by atoms with Gasteiger partial charge in [-0.15, -0.1) is 0 Å². The predicted octanol–water partition coefficient (Wildman–Crippen LogP) is 3.85. The first-order chi connectivity index (χ1) is 10.2. The highest BCUT2D eigenvalue weighted by atomic mass is 15.3. The van der Waals surface area contributed by atoms with Gasteiger partial charge in [0.1, 0.15) is 0 Å². The number of hydrogen-bond acceptors (Lipinski definition) is 2. The van der Waals surface area contributed by atoms with Gasteiger partial charge in [-0.3, -0.25) is 4.90 Å². The van der Waals surface area contributed by atoms with Gasteiger partial charge in [0.15, 0.2) is 0 Å². The van der Waals surface area contributed by atoms with Gasteiger partial charge in [-0.1, -0.05) is 51.1 Å². The normalized spacial score (nSPS) is 28.8. The second-order valence-electron chi connectivity index (χ2n) is 7.20. The molecule has 21 heavy (non-hydrogen) atoms. The zero-order chi connectivity index (χ0) is 14.8. The molecule has 2 nitrogen and oxygen atoms in total. The van der Waals surface area contributed by atoms with E-state index in [0.29, 0.717) is 18.0 Å². The van der Waals surface area contributed by atoms with Gasteiger partial charge in [-0.2, -0.15) is 0 Å². The van der Waals surface area contributed by atoms with E-state index in [1.54, 1.807) is 0 Å². The maximum Gasteiger partial charge on any atom is 0.0349 e. The first-order valence-corrected chi connectivity index (χ1v) is 8.74. The predicted molar refractivity (Wildman–Crippen MR) is 89.3 cm³/mol. The molecule has 0 radical (unpaired) electrons. The van der Waals surface area contributed by atoms with Gasteiger partial charge in [-0.25, -0.2) is 0 Å². The fourth-order valence-corrected chi connectivity index (χ4v) is 3.94. The third-order valence-corrected chi connectivity index (χ3v) is 5.35. The minimum atomic E-state index is 0.571. The van der Waals surface area contributed by atoms with Crippen molar-refractivity contribution in [2.24, 2.45) is 11.8 Å². The quantitative estimate of drug-likeness (QED) is 0.884. The molecule has 1 aromatic rings. The van der Waals surface area contributed by atoms with Gasteiger partial charge in [-0.05, 0) is 36.7 Å². The summed E-state index contributed by atoms with van der Waals surface area (Å²) in [4.78, 5) is 2.81. The van der Waals surface area contributed by atoms with Crippen LogP contribution in [0, 0.1) is 11.8 Å². The molecule has 1 aliphatic carbocycles. The molecule has 2 aliphatic rings. The molecular weight excluding hydrogens is 256 g/mol. The van der Waals surface area contributed by atoms with Crippen LogP contribution < -0.4 is 5.32 Å². The maximum atomic E-state index is 3.83. The van der Waals surface area contributed by atoms with Crippen molar-refractivity contribution in [3.05, 3.63) is 35.9 Å². The van der Waals surface area contributed by atoms with Gasteiger partial charge in [0.2, 0.25) is 0 Å². The van der Waals surface area contributed by atoms with Crippen molar-refractivity contribution in [1.29, 1.82) is 0 Å². The molecule has 2 heteroatoms. The lowest BCUT2D eigenvalue weighted by Crippen LogP contribution is -2.59. The smallest absolute Gasteiger partial charge is 0.0349 e. The van der Waals surface area contributed by atoms with E-state index in [0.717, 1.165) is 18.5 Å². The number of rotatable bonds is 5. The zero-order valence-corrected chi connectivity index (χ0v) is 13.8. The Labute approximate surface area is 129 Å². The first-order valence-electron chi connectivity index (χ1n) is 8.74. The van der Waals surface area contributed by atoms with E-state index in [-0.39, 0.29) is 0 Å². The number of hydrogen-bond donors (Lipinski definition) is 1. The highest BCUT2D eigenvalue weighted by Crippen LogP contribution is 2.37. The van der Waals surface area contributed by atoms with Crippen LogP contribution in [0.5, 0.6) is 0 Å². The van der Waals surface area contributed by atoms with Crippen molar-refractivity contribution in [1.82, 2.24) is 10.2 Å². The maximum absolute atomic E-state index is 3.83. The second kappa shape index (κ2) is 6.50. The van der Waals surface area contributed by atoms with E-state index < -0.39 is 0 Å². The zero-order valence-electron chi connectivity index (χ0n) is 13.8. The lowest BCUT2D eigenvalue weighted by Gasteiger charge is -2.46.